The van der Waals surface area contributed by atoms with Gasteiger partial charge in [0.1, 0.15) is 5.75 Å². The third-order valence-corrected chi connectivity index (χ3v) is 5.71. The Balaban J connectivity index is 1.35. The fourth-order valence-corrected chi connectivity index (χ4v) is 3.99. The average molecular weight is 429 g/mol. The van der Waals surface area contributed by atoms with E-state index in [-0.39, 0.29) is 18.1 Å². The third-order valence-electron chi connectivity index (χ3n) is 5.71. The molecule has 162 valence electrons. The molecular formula is C24H23N5O3. The number of carbonyl (C=O) groups excluding carboxylic acids is 1. The van der Waals surface area contributed by atoms with Crippen LogP contribution < -0.4 is 15.6 Å². The molecular weight excluding hydrogens is 406 g/mol. The van der Waals surface area contributed by atoms with Crippen LogP contribution in [0.25, 0.3) is 16.9 Å². The molecule has 32 heavy (non-hydrogen) atoms. The van der Waals surface area contributed by atoms with Gasteiger partial charge in [-0.1, -0.05) is 42.5 Å². The van der Waals surface area contributed by atoms with E-state index in [1.165, 1.54) is 4.52 Å². The number of carbonyl (C=O) groups is 1. The minimum atomic E-state index is -0.209. The molecule has 2 aromatic carbocycles. The van der Waals surface area contributed by atoms with Crippen molar-refractivity contribution in [2.75, 3.05) is 13.7 Å². The lowest BCUT2D eigenvalue weighted by Gasteiger charge is -2.27. The zero-order valence-corrected chi connectivity index (χ0v) is 17.7. The number of rotatable bonds is 4. The standard InChI is InChI=1S/C24H23N5O3/c1-32-18-9-5-6-16(12-18)14-25-24(31)28-11-10-20-19(15-28)23(30)29-22(26-20)13-21(27-29)17-7-3-2-4-8-17/h2-9,12-13,27H,10-11,14-15H2,1H3,(H,25,31). The fourth-order valence-electron chi connectivity index (χ4n) is 3.99. The molecule has 1 aliphatic rings. The lowest BCUT2D eigenvalue weighted by atomic mass is 10.1. The van der Waals surface area contributed by atoms with E-state index in [0.29, 0.717) is 30.7 Å². The first-order chi connectivity index (χ1) is 15.6. The monoisotopic (exact) mass is 429 g/mol. The predicted molar refractivity (Wildman–Crippen MR) is 121 cm³/mol. The van der Waals surface area contributed by atoms with Gasteiger partial charge in [-0.25, -0.2) is 14.3 Å². The molecule has 0 spiro atoms. The molecule has 0 radical (unpaired) electrons. The van der Waals surface area contributed by atoms with Crippen molar-refractivity contribution in [2.24, 2.45) is 0 Å². The molecule has 0 fully saturated rings. The third kappa shape index (κ3) is 3.71. The molecule has 8 nitrogen and oxygen atoms in total. The normalized spacial score (nSPS) is 13.1. The van der Waals surface area contributed by atoms with Crippen molar-refractivity contribution in [1.29, 1.82) is 0 Å². The maximum atomic E-state index is 13.2. The Bertz CT molecular complexity index is 1340. The van der Waals surface area contributed by atoms with Crippen molar-refractivity contribution in [3.63, 3.8) is 0 Å². The van der Waals surface area contributed by atoms with Gasteiger partial charge in [0.25, 0.3) is 5.56 Å². The molecule has 0 atom stereocenters. The molecule has 0 aliphatic carbocycles. The van der Waals surface area contributed by atoms with Crippen LogP contribution in [0.5, 0.6) is 5.75 Å². The van der Waals surface area contributed by atoms with Gasteiger partial charge in [0, 0.05) is 25.6 Å². The molecule has 5 rings (SSSR count). The summed E-state index contributed by atoms with van der Waals surface area (Å²) < 4.78 is 6.68. The van der Waals surface area contributed by atoms with Gasteiger partial charge in [-0.2, -0.15) is 0 Å². The minimum Gasteiger partial charge on any atom is -0.497 e. The highest BCUT2D eigenvalue weighted by Crippen LogP contribution is 2.20. The van der Waals surface area contributed by atoms with E-state index < -0.39 is 0 Å². The quantitative estimate of drug-likeness (QED) is 0.522. The number of nitrogens with zero attached hydrogens (tertiary/aromatic N) is 3. The van der Waals surface area contributed by atoms with Crippen LogP contribution in [0.1, 0.15) is 16.8 Å². The molecule has 0 unspecified atom stereocenters. The summed E-state index contributed by atoms with van der Waals surface area (Å²) in [5.74, 6) is 0.743. The van der Waals surface area contributed by atoms with Crippen LogP contribution in [0.4, 0.5) is 4.79 Å². The van der Waals surface area contributed by atoms with E-state index in [1.807, 2.05) is 60.7 Å². The Morgan fingerprint density at radius 3 is 2.81 bits per heavy atom. The largest absolute Gasteiger partial charge is 0.497 e. The topological polar surface area (TPSA) is 91.7 Å². The molecule has 2 amide bonds. The highest BCUT2D eigenvalue weighted by atomic mass is 16.5. The maximum Gasteiger partial charge on any atom is 0.317 e. The summed E-state index contributed by atoms with van der Waals surface area (Å²) in [7, 11) is 1.61. The SMILES string of the molecule is COc1cccc(CNC(=O)N2CCc3nc4cc(-c5ccccc5)[nH]n4c(=O)c3C2)c1. The van der Waals surface area contributed by atoms with Gasteiger partial charge in [-0.15, -0.1) is 0 Å². The molecule has 1 aliphatic heterocycles. The zero-order valence-electron chi connectivity index (χ0n) is 17.7. The summed E-state index contributed by atoms with van der Waals surface area (Å²) in [4.78, 5) is 32.2. The highest BCUT2D eigenvalue weighted by Gasteiger charge is 2.25. The number of methoxy groups -OCH3 is 1. The van der Waals surface area contributed by atoms with Gasteiger partial charge >= 0.3 is 6.03 Å². The van der Waals surface area contributed by atoms with E-state index in [4.69, 9.17) is 4.74 Å². The van der Waals surface area contributed by atoms with Crippen molar-refractivity contribution in [3.8, 4) is 17.0 Å². The van der Waals surface area contributed by atoms with Crippen molar-refractivity contribution in [1.82, 2.24) is 24.8 Å². The summed E-state index contributed by atoms with van der Waals surface area (Å²) in [6.45, 7) is 1.12. The first-order valence-corrected chi connectivity index (χ1v) is 10.5. The summed E-state index contributed by atoms with van der Waals surface area (Å²) in [6, 6.07) is 19.0. The van der Waals surface area contributed by atoms with E-state index in [2.05, 4.69) is 15.4 Å². The minimum absolute atomic E-state index is 0.169. The Morgan fingerprint density at radius 2 is 2.00 bits per heavy atom. The van der Waals surface area contributed by atoms with Gasteiger partial charge in [0.05, 0.1) is 30.6 Å². The van der Waals surface area contributed by atoms with Gasteiger partial charge in [0.2, 0.25) is 0 Å². The van der Waals surface area contributed by atoms with Crippen LogP contribution in [0, 0.1) is 0 Å². The smallest absolute Gasteiger partial charge is 0.317 e. The van der Waals surface area contributed by atoms with Crippen molar-refractivity contribution < 1.29 is 9.53 Å². The van der Waals surface area contributed by atoms with Gasteiger partial charge in [-0.05, 0) is 23.3 Å². The van der Waals surface area contributed by atoms with Gasteiger partial charge in [-0.3, -0.25) is 9.89 Å². The molecule has 0 bridgehead atoms. The number of aromatic nitrogens is 3. The Labute approximate surface area is 184 Å². The van der Waals surface area contributed by atoms with Crippen molar-refractivity contribution in [2.45, 2.75) is 19.5 Å². The molecule has 3 heterocycles. The van der Waals surface area contributed by atoms with E-state index in [9.17, 15) is 9.59 Å². The number of benzene rings is 2. The van der Waals surface area contributed by atoms with Crippen LogP contribution >= 0.6 is 0 Å². The summed E-state index contributed by atoms with van der Waals surface area (Å²) in [5, 5.41) is 6.07. The average Bonchev–Trinajstić information content (AvgIpc) is 3.28. The lowest BCUT2D eigenvalue weighted by molar-refractivity contribution is 0.191. The van der Waals surface area contributed by atoms with Crippen molar-refractivity contribution >= 4 is 11.7 Å². The number of aromatic amines is 1. The molecule has 0 saturated heterocycles. The molecule has 2 N–H and O–H groups in total. The number of H-pyrrole nitrogens is 1. The van der Waals surface area contributed by atoms with E-state index in [0.717, 1.165) is 28.3 Å². The van der Waals surface area contributed by atoms with Crippen LogP contribution in [0.3, 0.4) is 0 Å². The van der Waals surface area contributed by atoms with Crippen LogP contribution in [0.2, 0.25) is 0 Å². The van der Waals surface area contributed by atoms with E-state index >= 15 is 0 Å². The van der Waals surface area contributed by atoms with Crippen molar-refractivity contribution in [3.05, 3.63) is 87.8 Å². The number of amides is 2. The Hall–Kier alpha value is -4.07. The summed E-state index contributed by atoms with van der Waals surface area (Å²) in [5.41, 5.74) is 4.47. The number of urea groups is 1. The first kappa shape index (κ1) is 19.9. The number of fused-ring (bicyclic) bond motifs is 2. The summed E-state index contributed by atoms with van der Waals surface area (Å²) >= 11 is 0. The van der Waals surface area contributed by atoms with E-state index in [1.54, 1.807) is 12.0 Å². The van der Waals surface area contributed by atoms with Crippen LogP contribution in [-0.2, 0) is 19.5 Å². The maximum absolute atomic E-state index is 13.2. The molecule has 8 heteroatoms. The lowest BCUT2D eigenvalue weighted by Crippen LogP contribution is -2.44. The van der Waals surface area contributed by atoms with Crippen LogP contribution in [-0.4, -0.2) is 39.2 Å². The second kappa shape index (κ2) is 8.22. The number of ether oxygens (including phenoxy) is 1. The second-order valence-electron chi connectivity index (χ2n) is 7.75. The molecule has 2 aromatic heterocycles. The number of nitrogens with one attached hydrogen (secondary N) is 2. The second-order valence-corrected chi connectivity index (χ2v) is 7.75. The first-order valence-electron chi connectivity index (χ1n) is 10.5. The Kier molecular flexibility index (Phi) is 5.10. The highest BCUT2D eigenvalue weighted by molar-refractivity contribution is 5.74. The zero-order chi connectivity index (χ0) is 22.1. The van der Waals surface area contributed by atoms with Gasteiger partial charge in [0.15, 0.2) is 5.65 Å². The number of hydrogen-bond acceptors (Lipinski definition) is 4. The Morgan fingerprint density at radius 1 is 1.16 bits per heavy atom. The van der Waals surface area contributed by atoms with Crippen LogP contribution in [0.15, 0.2) is 65.5 Å². The van der Waals surface area contributed by atoms with Gasteiger partial charge < -0.3 is 15.0 Å². The molecule has 0 saturated carbocycles. The summed E-state index contributed by atoms with van der Waals surface area (Å²) in [6.07, 6.45) is 0.541. The number of hydrogen-bond donors (Lipinski definition) is 2. The molecule has 4 aromatic rings. The predicted octanol–water partition coefficient (Wildman–Crippen LogP) is 2.97. The fraction of sp³-hybridized carbons (Fsp3) is 0.208.